The molecule has 4 nitrogen and oxygen atoms in total. The molecule has 0 aliphatic rings. The third kappa shape index (κ3) is 3.52. The van der Waals surface area contributed by atoms with Crippen molar-refractivity contribution in [2.45, 2.75) is 26.7 Å². The lowest BCUT2D eigenvalue weighted by molar-refractivity contribution is 0.466. The van der Waals surface area contributed by atoms with Crippen molar-refractivity contribution >= 4 is 23.5 Å². The number of nitrogens with zero attached hydrogens (tertiary/aromatic N) is 1. The zero-order valence-electron chi connectivity index (χ0n) is 12.8. The van der Waals surface area contributed by atoms with Crippen LogP contribution in [0.3, 0.4) is 0 Å². The fourth-order valence-electron chi connectivity index (χ4n) is 2.11. The lowest BCUT2D eigenvalue weighted by Gasteiger charge is -2.14. The summed E-state index contributed by atoms with van der Waals surface area (Å²) in [5.41, 5.74) is 5.63. The van der Waals surface area contributed by atoms with Crippen molar-refractivity contribution in [3.63, 3.8) is 0 Å². The molecule has 0 aliphatic heterocycles. The van der Waals surface area contributed by atoms with E-state index in [4.69, 9.17) is 11.6 Å². The number of hydrogen-bond donors (Lipinski definition) is 3. The topological polar surface area (TPSA) is 64.8 Å². The Kier molecular flexibility index (Phi) is 4.93. The van der Waals surface area contributed by atoms with Gasteiger partial charge in [0, 0.05) is 10.6 Å². The Morgan fingerprint density at radius 2 is 1.91 bits per heavy atom. The van der Waals surface area contributed by atoms with Crippen molar-refractivity contribution in [2.75, 3.05) is 5.43 Å². The van der Waals surface area contributed by atoms with E-state index in [0.717, 1.165) is 11.1 Å². The van der Waals surface area contributed by atoms with E-state index < -0.39 is 0 Å². The number of nitrogens with one attached hydrogen (secondary N) is 1. The molecule has 3 N–H and O–H groups in total. The molecule has 5 heteroatoms. The molecular weight excluding hydrogens is 300 g/mol. The van der Waals surface area contributed by atoms with Crippen molar-refractivity contribution in [3.05, 3.63) is 52.0 Å². The quantitative estimate of drug-likeness (QED) is 0.437. The Hall–Kier alpha value is -2.20. The number of phenols is 2. The fourth-order valence-corrected chi connectivity index (χ4v) is 2.29. The van der Waals surface area contributed by atoms with Gasteiger partial charge in [-0.2, -0.15) is 5.10 Å². The first kappa shape index (κ1) is 16.2. The summed E-state index contributed by atoms with van der Waals surface area (Å²) < 4.78 is 0. The van der Waals surface area contributed by atoms with Gasteiger partial charge in [0.2, 0.25) is 0 Å². The highest BCUT2D eigenvalue weighted by Crippen LogP contribution is 2.35. The molecule has 0 atom stereocenters. The van der Waals surface area contributed by atoms with Gasteiger partial charge < -0.3 is 10.2 Å². The number of aromatic hydroxyl groups is 2. The van der Waals surface area contributed by atoms with Crippen LogP contribution in [0.15, 0.2) is 35.4 Å². The van der Waals surface area contributed by atoms with Gasteiger partial charge in [-0.05, 0) is 42.2 Å². The second-order valence-electron chi connectivity index (χ2n) is 5.42. The number of rotatable bonds is 4. The van der Waals surface area contributed by atoms with E-state index in [0.29, 0.717) is 16.3 Å². The van der Waals surface area contributed by atoms with E-state index in [9.17, 15) is 10.2 Å². The smallest absolute Gasteiger partial charge is 0.144 e. The third-order valence-electron chi connectivity index (χ3n) is 3.41. The van der Waals surface area contributed by atoms with Crippen LogP contribution in [0.2, 0.25) is 5.02 Å². The Labute approximate surface area is 135 Å². The Morgan fingerprint density at radius 3 is 2.59 bits per heavy atom. The second-order valence-corrected chi connectivity index (χ2v) is 5.86. The van der Waals surface area contributed by atoms with Crippen molar-refractivity contribution < 1.29 is 10.2 Å². The van der Waals surface area contributed by atoms with Crippen LogP contribution in [0.4, 0.5) is 5.69 Å². The van der Waals surface area contributed by atoms with Crippen molar-refractivity contribution in [2.24, 2.45) is 5.10 Å². The second kappa shape index (κ2) is 6.71. The van der Waals surface area contributed by atoms with Gasteiger partial charge >= 0.3 is 0 Å². The molecule has 0 heterocycles. The minimum Gasteiger partial charge on any atom is -0.507 e. The summed E-state index contributed by atoms with van der Waals surface area (Å²) >= 11 is 5.89. The zero-order valence-corrected chi connectivity index (χ0v) is 13.5. The summed E-state index contributed by atoms with van der Waals surface area (Å²) in [7, 11) is 0. The van der Waals surface area contributed by atoms with Crippen LogP contribution in [0.25, 0.3) is 0 Å². The van der Waals surface area contributed by atoms with E-state index in [1.54, 1.807) is 12.1 Å². The number of aryl methyl sites for hydroxylation is 1. The van der Waals surface area contributed by atoms with E-state index in [1.165, 1.54) is 12.3 Å². The van der Waals surface area contributed by atoms with E-state index >= 15 is 0 Å². The molecule has 0 saturated heterocycles. The highest BCUT2D eigenvalue weighted by atomic mass is 35.5. The molecule has 116 valence electrons. The molecule has 0 spiro atoms. The van der Waals surface area contributed by atoms with E-state index in [-0.39, 0.29) is 17.4 Å². The normalized spacial score (nSPS) is 11.3. The lowest BCUT2D eigenvalue weighted by Crippen LogP contribution is -1.98. The van der Waals surface area contributed by atoms with Gasteiger partial charge in [0.15, 0.2) is 0 Å². The number of anilines is 1. The minimum absolute atomic E-state index is 0.0897. The van der Waals surface area contributed by atoms with Gasteiger partial charge in [0.1, 0.15) is 17.2 Å². The minimum atomic E-state index is 0.0897. The predicted octanol–water partition coefficient (Wildman–Crippen LogP) is 4.63. The van der Waals surface area contributed by atoms with Crippen LogP contribution in [-0.4, -0.2) is 16.4 Å². The Bertz CT molecular complexity index is 712. The van der Waals surface area contributed by atoms with Crippen LogP contribution in [-0.2, 0) is 0 Å². The van der Waals surface area contributed by atoms with Crippen LogP contribution in [0.1, 0.15) is 36.5 Å². The molecule has 0 aliphatic carbocycles. The molecule has 2 aromatic carbocycles. The van der Waals surface area contributed by atoms with E-state index in [1.807, 2.05) is 32.9 Å². The maximum absolute atomic E-state index is 10.3. The molecule has 22 heavy (non-hydrogen) atoms. The van der Waals surface area contributed by atoms with Gasteiger partial charge in [-0.3, -0.25) is 5.43 Å². The van der Waals surface area contributed by atoms with Gasteiger partial charge in [0.05, 0.1) is 6.21 Å². The maximum atomic E-state index is 10.3. The van der Waals surface area contributed by atoms with Crippen LogP contribution in [0, 0.1) is 6.92 Å². The average Bonchev–Trinajstić information content (AvgIpc) is 2.45. The molecule has 0 saturated carbocycles. The SMILES string of the molecule is Cc1ccc(C(C)C)c(O)c1N/N=C/c1cc(Cl)ccc1O. The van der Waals surface area contributed by atoms with Crippen molar-refractivity contribution in [1.29, 1.82) is 0 Å². The first-order valence-electron chi connectivity index (χ1n) is 7.00. The molecule has 2 aromatic rings. The van der Waals surface area contributed by atoms with Crippen LogP contribution >= 0.6 is 11.6 Å². The standard InChI is InChI=1S/C17H19ClN2O2/c1-10(2)14-6-4-11(3)16(17(14)22)20-19-9-12-8-13(18)5-7-15(12)21/h4-10,20-22H,1-3H3/b19-9+. The van der Waals surface area contributed by atoms with Crippen molar-refractivity contribution in [1.82, 2.24) is 0 Å². The average molecular weight is 319 g/mol. The fraction of sp³-hybridized carbons (Fsp3) is 0.235. The van der Waals surface area contributed by atoms with Gasteiger partial charge in [-0.1, -0.05) is 37.6 Å². The summed E-state index contributed by atoms with van der Waals surface area (Å²) in [6, 6.07) is 8.56. The third-order valence-corrected chi connectivity index (χ3v) is 3.64. The summed E-state index contributed by atoms with van der Waals surface area (Å²) in [4.78, 5) is 0. The van der Waals surface area contributed by atoms with Crippen LogP contribution < -0.4 is 5.43 Å². The first-order valence-corrected chi connectivity index (χ1v) is 7.38. The number of hydrogen-bond acceptors (Lipinski definition) is 4. The molecule has 0 fully saturated rings. The summed E-state index contributed by atoms with van der Waals surface area (Å²) in [6.45, 7) is 5.92. The maximum Gasteiger partial charge on any atom is 0.144 e. The molecule has 0 unspecified atom stereocenters. The highest BCUT2D eigenvalue weighted by molar-refractivity contribution is 6.30. The molecular formula is C17H19ClN2O2. The number of benzene rings is 2. The van der Waals surface area contributed by atoms with Gasteiger partial charge in [-0.15, -0.1) is 0 Å². The molecule has 2 rings (SSSR count). The van der Waals surface area contributed by atoms with Gasteiger partial charge in [-0.25, -0.2) is 0 Å². The largest absolute Gasteiger partial charge is 0.507 e. The summed E-state index contributed by atoms with van der Waals surface area (Å²) in [5, 5.41) is 24.7. The Morgan fingerprint density at radius 1 is 1.18 bits per heavy atom. The molecule has 0 amide bonds. The van der Waals surface area contributed by atoms with Gasteiger partial charge in [0.25, 0.3) is 0 Å². The Balaban J connectivity index is 2.26. The van der Waals surface area contributed by atoms with Crippen molar-refractivity contribution in [3.8, 4) is 11.5 Å². The summed E-state index contributed by atoms with van der Waals surface area (Å²) in [5.74, 6) is 0.497. The first-order chi connectivity index (χ1) is 10.4. The lowest BCUT2D eigenvalue weighted by atomic mass is 9.99. The molecule has 0 radical (unpaired) electrons. The molecule has 0 bridgehead atoms. The predicted molar refractivity (Wildman–Crippen MR) is 91.3 cm³/mol. The highest BCUT2D eigenvalue weighted by Gasteiger charge is 2.12. The van der Waals surface area contributed by atoms with E-state index in [2.05, 4.69) is 10.5 Å². The zero-order chi connectivity index (χ0) is 16.3. The summed E-state index contributed by atoms with van der Waals surface area (Å²) in [6.07, 6.45) is 1.46. The molecule has 0 aromatic heterocycles. The monoisotopic (exact) mass is 318 g/mol. The number of hydrazone groups is 1. The number of halogens is 1. The number of phenolic OH excluding ortho intramolecular Hbond substituents is 2. The van der Waals surface area contributed by atoms with Crippen LogP contribution in [0.5, 0.6) is 11.5 Å².